The van der Waals surface area contributed by atoms with Gasteiger partial charge >= 0.3 is 6.09 Å². The van der Waals surface area contributed by atoms with Gasteiger partial charge < -0.3 is 26.2 Å². The molecule has 2 atom stereocenters. The Kier molecular flexibility index (Phi) is 6.75. The summed E-state index contributed by atoms with van der Waals surface area (Å²) < 4.78 is 34.6. The number of halogens is 4. The van der Waals surface area contributed by atoms with Crippen LogP contribution in [0.2, 0.25) is 5.02 Å². The highest BCUT2D eigenvalue weighted by Crippen LogP contribution is 2.40. The first-order valence-corrected chi connectivity index (χ1v) is 10.2. The smallest absolute Gasteiger partial charge is 0.412 e. The quantitative estimate of drug-likeness (QED) is 0.657. The third-order valence-corrected chi connectivity index (χ3v) is 6.82. The van der Waals surface area contributed by atoms with E-state index in [4.69, 9.17) is 16.3 Å². The van der Waals surface area contributed by atoms with Gasteiger partial charge in [-0.05, 0) is 23.8 Å². The fraction of sp³-hybridized carbons (Fsp3) is 0.409. The normalized spacial score (nSPS) is 24.1. The van der Waals surface area contributed by atoms with E-state index < -0.39 is 17.7 Å². The minimum atomic E-state index is -0.679. The van der Waals surface area contributed by atoms with E-state index in [1.807, 2.05) is 0 Å². The van der Waals surface area contributed by atoms with Crippen molar-refractivity contribution in [3.63, 3.8) is 0 Å². The number of anilines is 1. The van der Waals surface area contributed by atoms with Crippen LogP contribution in [0.15, 0.2) is 36.4 Å². The molecule has 4 nitrogen and oxygen atoms in total. The number of nitrogens with one attached hydrogen (secondary N) is 1. The van der Waals surface area contributed by atoms with E-state index in [0.717, 1.165) is 30.2 Å². The van der Waals surface area contributed by atoms with Crippen molar-refractivity contribution >= 4 is 23.4 Å². The number of ether oxygens (including phenoxy) is 1. The van der Waals surface area contributed by atoms with E-state index in [2.05, 4.69) is 19.4 Å². The SMILES string of the molecule is C[N+]1(C)C2CCC1CC(OC(=O)Nc1c(F)cccc1-c1ccc(F)c(Cl)c1)C2.[Br-]. The molecule has 2 heterocycles. The average molecular weight is 502 g/mol. The Hall–Kier alpha value is -1.70. The Morgan fingerprint density at radius 1 is 1.10 bits per heavy atom. The van der Waals surface area contributed by atoms with E-state index >= 15 is 0 Å². The molecule has 2 bridgehead atoms. The van der Waals surface area contributed by atoms with E-state index in [0.29, 0.717) is 23.2 Å². The van der Waals surface area contributed by atoms with Gasteiger partial charge in [-0.15, -0.1) is 0 Å². The first-order valence-electron chi connectivity index (χ1n) is 9.80. The second-order valence-electron chi connectivity index (χ2n) is 8.43. The van der Waals surface area contributed by atoms with E-state index in [1.165, 1.54) is 30.3 Å². The minimum Gasteiger partial charge on any atom is -1.00 e. The van der Waals surface area contributed by atoms with Crippen LogP contribution in [0.4, 0.5) is 19.3 Å². The van der Waals surface area contributed by atoms with Crippen LogP contribution in [-0.2, 0) is 4.74 Å². The summed E-state index contributed by atoms with van der Waals surface area (Å²) in [5.41, 5.74) is 0.904. The van der Waals surface area contributed by atoms with Crippen LogP contribution in [-0.4, -0.2) is 42.9 Å². The van der Waals surface area contributed by atoms with Gasteiger partial charge in [0.1, 0.15) is 17.7 Å². The Bertz CT molecular complexity index is 941. The first-order chi connectivity index (χ1) is 13.8. The van der Waals surface area contributed by atoms with Gasteiger partial charge in [-0.1, -0.05) is 29.8 Å². The number of piperidine rings is 1. The summed E-state index contributed by atoms with van der Waals surface area (Å²) in [5, 5.41) is 2.48. The number of nitrogens with zero attached hydrogens (tertiary/aromatic N) is 1. The van der Waals surface area contributed by atoms with Crippen LogP contribution < -0.4 is 22.3 Å². The maximum Gasteiger partial charge on any atom is 0.412 e. The van der Waals surface area contributed by atoms with E-state index in [9.17, 15) is 13.6 Å². The lowest BCUT2D eigenvalue weighted by Gasteiger charge is -2.43. The summed E-state index contributed by atoms with van der Waals surface area (Å²) >= 11 is 5.86. The predicted molar refractivity (Wildman–Crippen MR) is 109 cm³/mol. The fourth-order valence-electron chi connectivity index (χ4n) is 4.77. The van der Waals surface area contributed by atoms with Crippen molar-refractivity contribution in [1.82, 2.24) is 0 Å². The Labute approximate surface area is 190 Å². The van der Waals surface area contributed by atoms with Crippen LogP contribution in [0.1, 0.15) is 25.7 Å². The standard InChI is InChI=1S/C22H23ClF2N2O2.BrH/c1-27(2)14-7-8-15(27)12-16(11-14)29-22(28)26-21-17(4-3-5-20(21)25)13-6-9-19(24)18(23)10-13;/h3-6,9-10,14-16H,7-8,11-12H2,1-2H3;1H. The number of hydrogen-bond donors (Lipinski definition) is 1. The molecule has 2 fully saturated rings. The lowest BCUT2D eigenvalue weighted by atomic mass is 9.98. The molecule has 30 heavy (non-hydrogen) atoms. The number of carbonyl (C=O) groups excluding carboxylic acids is 1. The number of fused-ring (bicyclic) bond motifs is 2. The molecule has 4 rings (SSSR count). The predicted octanol–water partition coefficient (Wildman–Crippen LogP) is 2.61. The Morgan fingerprint density at radius 3 is 2.40 bits per heavy atom. The zero-order valence-electron chi connectivity index (χ0n) is 16.8. The van der Waals surface area contributed by atoms with E-state index in [1.54, 1.807) is 6.07 Å². The van der Waals surface area contributed by atoms with Crippen molar-refractivity contribution in [1.29, 1.82) is 0 Å². The third-order valence-electron chi connectivity index (χ3n) is 6.53. The zero-order chi connectivity index (χ0) is 20.8. The summed E-state index contributed by atoms with van der Waals surface area (Å²) in [6.07, 6.45) is 3.06. The van der Waals surface area contributed by atoms with Gasteiger partial charge in [0.2, 0.25) is 0 Å². The second-order valence-corrected chi connectivity index (χ2v) is 8.84. The van der Waals surface area contributed by atoms with Crippen LogP contribution >= 0.6 is 11.6 Å². The highest BCUT2D eigenvalue weighted by molar-refractivity contribution is 6.31. The number of para-hydroxylation sites is 1. The molecule has 0 aliphatic carbocycles. The maximum atomic E-state index is 14.5. The number of rotatable bonds is 3. The molecule has 162 valence electrons. The van der Waals surface area contributed by atoms with Crippen LogP contribution in [0.25, 0.3) is 11.1 Å². The summed E-state index contributed by atoms with van der Waals surface area (Å²) in [6.45, 7) is 0. The maximum absolute atomic E-state index is 14.5. The van der Waals surface area contributed by atoms with Gasteiger partial charge in [0.25, 0.3) is 0 Å². The minimum absolute atomic E-state index is 0. The number of benzene rings is 2. The molecule has 8 heteroatoms. The fourth-order valence-corrected chi connectivity index (χ4v) is 4.95. The second kappa shape index (κ2) is 8.81. The van der Waals surface area contributed by atoms with Crippen LogP contribution in [0.5, 0.6) is 0 Å². The molecule has 0 radical (unpaired) electrons. The van der Waals surface area contributed by atoms with Gasteiger partial charge in [-0.2, -0.15) is 0 Å². The Balaban J connectivity index is 0.00000256. The van der Waals surface area contributed by atoms with Gasteiger partial charge in [0, 0.05) is 31.2 Å². The molecule has 2 unspecified atom stereocenters. The van der Waals surface area contributed by atoms with Crippen molar-refractivity contribution in [3.05, 3.63) is 53.1 Å². The number of quaternary nitrogens is 1. The van der Waals surface area contributed by atoms with Crippen LogP contribution in [0, 0.1) is 11.6 Å². The van der Waals surface area contributed by atoms with Crippen LogP contribution in [0.3, 0.4) is 0 Å². The largest absolute Gasteiger partial charge is 1.00 e. The summed E-state index contributed by atoms with van der Waals surface area (Å²) in [5.74, 6) is -1.16. The highest BCUT2D eigenvalue weighted by atomic mass is 79.9. The molecule has 0 saturated carbocycles. The molecule has 2 aliphatic heterocycles. The lowest BCUT2D eigenvalue weighted by molar-refractivity contribution is -0.931. The molecule has 1 N–H and O–H groups in total. The molecule has 2 aromatic carbocycles. The van der Waals surface area contributed by atoms with Gasteiger partial charge in [-0.3, -0.25) is 5.32 Å². The molecule has 2 aromatic rings. The molecule has 2 saturated heterocycles. The monoisotopic (exact) mass is 500 g/mol. The van der Waals surface area contributed by atoms with Crippen molar-refractivity contribution in [2.24, 2.45) is 0 Å². The summed E-state index contributed by atoms with van der Waals surface area (Å²) in [7, 11) is 4.47. The number of hydrogen-bond acceptors (Lipinski definition) is 2. The van der Waals surface area contributed by atoms with Crippen molar-refractivity contribution in [2.75, 3.05) is 19.4 Å². The molecular weight excluding hydrogens is 478 g/mol. The highest BCUT2D eigenvalue weighted by Gasteiger charge is 2.49. The van der Waals surface area contributed by atoms with Gasteiger partial charge in [0.05, 0.1) is 36.9 Å². The number of amides is 1. The molecule has 2 aliphatic rings. The summed E-state index contributed by atoms with van der Waals surface area (Å²) in [4.78, 5) is 12.5. The van der Waals surface area contributed by atoms with Gasteiger partial charge in [0.15, 0.2) is 0 Å². The lowest BCUT2D eigenvalue weighted by Crippen LogP contribution is -3.00. The third kappa shape index (κ3) is 4.34. The topological polar surface area (TPSA) is 38.3 Å². The molecule has 0 aromatic heterocycles. The Morgan fingerprint density at radius 2 is 1.77 bits per heavy atom. The molecule has 1 amide bonds. The number of carbonyl (C=O) groups is 1. The molecule has 0 spiro atoms. The summed E-state index contributed by atoms with van der Waals surface area (Å²) in [6, 6.07) is 9.49. The van der Waals surface area contributed by atoms with Crippen molar-refractivity contribution in [2.45, 2.75) is 43.9 Å². The average Bonchev–Trinajstić information content (AvgIpc) is 2.83. The van der Waals surface area contributed by atoms with Gasteiger partial charge in [-0.25, -0.2) is 13.6 Å². The van der Waals surface area contributed by atoms with Crippen molar-refractivity contribution in [3.8, 4) is 11.1 Å². The van der Waals surface area contributed by atoms with E-state index in [-0.39, 0.29) is 33.8 Å². The molecular formula is C22H24BrClF2N2O2. The zero-order valence-corrected chi connectivity index (χ0v) is 19.1. The first kappa shape index (κ1) is 23.0. The van der Waals surface area contributed by atoms with Crippen molar-refractivity contribution < 1.29 is 39.8 Å².